The van der Waals surface area contributed by atoms with Crippen molar-refractivity contribution in [3.63, 3.8) is 0 Å². The highest BCUT2D eigenvalue weighted by atomic mass is 16.5. The van der Waals surface area contributed by atoms with Crippen molar-refractivity contribution in [1.82, 2.24) is 5.43 Å². The van der Waals surface area contributed by atoms with Gasteiger partial charge in [0.25, 0.3) is 0 Å². The average molecular weight is 264 g/mol. The Kier molecular flexibility index (Phi) is 5.03. The van der Waals surface area contributed by atoms with Crippen LogP contribution in [0.3, 0.4) is 0 Å². The van der Waals surface area contributed by atoms with Crippen molar-refractivity contribution >= 4 is 5.71 Å². The van der Waals surface area contributed by atoms with E-state index in [1.54, 1.807) is 0 Å². The van der Waals surface area contributed by atoms with Crippen LogP contribution in [0.25, 0.3) is 0 Å². The molecule has 1 saturated carbocycles. The molecule has 0 saturated heterocycles. The van der Waals surface area contributed by atoms with Gasteiger partial charge in [0.15, 0.2) is 0 Å². The second kappa shape index (κ2) is 6.56. The Bertz CT molecular complexity index is 358. The predicted octanol–water partition coefficient (Wildman–Crippen LogP) is 3.86. The molecule has 2 rings (SSSR count). The highest BCUT2D eigenvalue weighted by Gasteiger charge is 2.28. The van der Waals surface area contributed by atoms with Crippen molar-refractivity contribution in [3.05, 3.63) is 11.8 Å². The quantitative estimate of drug-likeness (QED) is 0.839. The van der Waals surface area contributed by atoms with E-state index in [0.717, 1.165) is 12.8 Å². The summed E-state index contributed by atoms with van der Waals surface area (Å²) < 4.78 is 6.00. The Labute approximate surface area is 117 Å². The normalized spacial score (nSPS) is 28.1. The van der Waals surface area contributed by atoms with Gasteiger partial charge in [-0.15, -0.1) is 0 Å². The molecule has 1 aliphatic heterocycles. The molecule has 0 radical (unpaired) electrons. The fourth-order valence-electron chi connectivity index (χ4n) is 3.21. The lowest BCUT2D eigenvalue weighted by Gasteiger charge is -2.32. The minimum absolute atomic E-state index is 0.339. The van der Waals surface area contributed by atoms with E-state index in [0.29, 0.717) is 24.0 Å². The SMILES string of the molecule is CC(C)OC1CCCC2C(=CNN=C2C(C)C)CC1. The number of rotatable bonds is 3. The molecular formula is C16H28N2O. The van der Waals surface area contributed by atoms with Crippen LogP contribution >= 0.6 is 0 Å². The topological polar surface area (TPSA) is 33.6 Å². The summed E-state index contributed by atoms with van der Waals surface area (Å²) in [7, 11) is 0. The van der Waals surface area contributed by atoms with Gasteiger partial charge >= 0.3 is 0 Å². The van der Waals surface area contributed by atoms with Crippen LogP contribution in [0.1, 0.15) is 59.8 Å². The molecule has 1 aliphatic carbocycles. The number of ether oxygens (including phenoxy) is 1. The lowest BCUT2D eigenvalue weighted by Crippen LogP contribution is -2.31. The molecular weight excluding hydrogens is 236 g/mol. The second-order valence-electron chi connectivity index (χ2n) is 6.37. The zero-order valence-electron chi connectivity index (χ0n) is 12.8. The highest BCUT2D eigenvalue weighted by molar-refractivity contribution is 5.91. The third-order valence-electron chi connectivity index (χ3n) is 4.08. The first kappa shape index (κ1) is 14.6. The van der Waals surface area contributed by atoms with Crippen LogP contribution in [0.5, 0.6) is 0 Å². The highest BCUT2D eigenvalue weighted by Crippen LogP contribution is 2.32. The fraction of sp³-hybridized carbons (Fsp3) is 0.812. The maximum absolute atomic E-state index is 6.00. The summed E-state index contributed by atoms with van der Waals surface area (Å²) in [5.74, 6) is 1.10. The Hall–Kier alpha value is -0.830. The summed E-state index contributed by atoms with van der Waals surface area (Å²) >= 11 is 0. The number of nitrogens with one attached hydrogen (secondary N) is 1. The number of fused-ring (bicyclic) bond motifs is 1. The van der Waals surface area contributed by atoms with E-state index in [4.69, 9.17) is 4.74 Å². The summed E-state index contributed by atoms with van der Waals surface area (Å²) in [4.78, 5) is 0. The van der Waals surface area contributed by atoms with Gasteiger partial charge in [0.2, 0.25) is 0 Å². The summed E-state index contributed by atoms with van der Waals surface area (Å²) in [6.45, 7) is 8.75. The first-order valence-electron chi connectivity index (χ1n) is 7.75. The largest absolute Gasteiger partial charge is 0.376 e. The molecule has 0 aromatic carbocycles. The zero-order chi connectivity index (χ0) is 13.8. The number of hydrogen-bond acceptors (Lipinski definition) is 3. The van der Waals surface area contributed by atoms with Gasteiger partial charge in [-0.2, -0.15) is 5.10 Å². The van der Waals surface area contributed by atoms with Crippen LogP contribution in [0, 0.1) is 11.8 Å². The fourth-order valence-corrected chi connectivity index (χ4v) is 3.21. The summed E-state index contributed by atoms with van der Waals surface area (Å²) in [6, 6.07) is 0. The lowest BCUT2D eigenvalue weighted by atomic mass is 9.79. The molecule has 3 heteroatoms. The second-order valence-corrected chi connectivity index (χ2v) is 6.37. The summed E-state index contributed by atoms with van der Waals surface area (Å²) in [5.41, 5.74) is 5.96. The minimum atomic E-state index is 0.339. The Morgan fingerprint density at radius 1 is 1.21 bits per heavy atom. The van der Waals surface area contributed by atoms with E-state index >= 15 is 0 Å². The van der Waals surface area contributed by atoms with Gasteiger partial charge in [-0.05, 0) is 57.4 Å². The molecule has 19 heavy (non-hydrogen) atoms. The molecule has 0 spiro atoms. The van der Waals surface area contributed by atoms with Crippen LogP contribution < -0.4 is 5.43 Å². The smallest absolute Gasteiger partial charge is 0.0581 e. The van der Waals surface area contributed by atoms with E-state index in [2.05, 4.69) is 44.4 Å². The van der Waals surface area contributed by atoms with Gasteiger partial charge in [0.1, 0.15) is 0 Å². The molecule has 0 aromatic heterocycles. The van der Waals surface area contributed by atoms with Gasteiger partial charge < -0.3 is 4.74 Å². The van der Waals surface area contributed by atoms with Gasteiger partial charge in [0, 0.05) is 17.8 Å². The third-order valence-corrected chi connectivity index (χ3v) is 4.08. The lowest BCUT2D eigenvalue weighted by molar-refractivity contribution is -0.00438. The summed E-state index contributed by atoms with van der Waals surface area (Å²) in [6.07, 6.45) is 8.84. The third kappa shape index (κ3) is 3.82. The van der Waals surface area contributed by atoms with Crippen LogP contribution in [0.2, 0.25) is 0 Å². The molecule has 3 nitrogen and oxygen atoms in total. The molecule has 0 aromatic rings. The number of hydrazone groups is 1. The van der Waals surface area contributed by atoms with Crippen LogP contribution in [0.4, 0.5) is 0 Å². The first-order chi connectivity index (χ1) is 9.08. The van der Waals surface area contributed by atoms with Gasteiger partial charge in [-0.1, -0.05) is 13.8 Å². The Balaban J connectivity index is 2.01. The monoisotopic (exact) mass is 264 g/mol. The Morgan fingerprint density at radius 2 is 2.00 bits per heavy atom. The predicted molar refractivity (Wildman–Crippen MR) is 80.1 cm³/mol. The number of nitrogens with zero attached hydrogens (tertiary/aromatic N) is 1. The Morgan fingerprint density at radius 3 is 2.68 bits per heavy atom. The van der Waals surface area contributed by atoms with Crippen LogP contribution in [-0.4, -0.2) is 17.9 Å². The molecule has 1 heterocycles. The van der Waals surface area contributed by atoms with Crippen molar-refractivity contribution in [2.75, 3.05) is 0 Å². The average Bonchev–Trinajstić information content (AvgIpc) is 2.32. The van der Waals surface area contributed by atoms with E-state index in [9.17, 15) is 0 Å². The number of hydrogen-bond donors (Lipinski definition) is 1. The first-order valence-corrected chi connectivity index (χ1v) is 7.75. The molecule has 2 aliphatic rings. The summed E-state index contributed by atoms with van der Waals surface area (Å²) in [5, 5.41) is 4.51. The van der Waals surface area contributed by atoms with Crippen molar-refractivity contribution in [1.29, 1.82) is 0 Å². The van der Waals surface area contributed by atoms with Crippen LogP contribution in [0.15, 0.2) is 16.9 Å². The van der Waals surface area contributed by atoms with Crippen molar-refractivity contribution in [3.8, 4) is 0 Å². The van der Waals surface area contributed by atoms with E-state index < -0.39 is 0 Å². The molecule has 0 bridgehead atoms. The van der Waals surface area contributed by atoms with Crippen LogP contribution in [-0.2, 0) is 4.74 Å². The van der Waals surface area contributed by atoms with Crippen molar-refractivity contribution in [2.45, 2.75) is 72.0 Å². The van der Waals surface area contributed by atoms with Gasteiger partial charge in [-0.3, -0.25) is 5.43 Å². The van der Waals surface area contributed by atoms with E-state index in [1.807, 2.05) is 0 Å². The van der Waals surface area contributed by atoms with E-state index in [-0.39, 0.29) is 0 Å². The maximum atomic E-state index is 6.00. The molecule has 108 valence electrons. The molecule has 0 amide bonds. The maximum Gasteiger partial charge on any atom is 0.0581 e. The molecule has 1 N–H and O–H groups in total. The molecule has 1 fully saturated rings. The standard InChI is InChI=1S/C16H28N2O/c1-11(2)16-15-7-5-6-14(19-12(3)4)9-8-13(15)10-17-18-16/h10-12,14-15,17H,5-9H2,1-4H3. The van der Waals surface area contributed by atoms with Gasteiger partial charge in [-0.25, -0.2) is 0 Å². The molecule has 2 atom stereocenters. The zero-order valence-corrected chi connectivity index (χ0v) is 12.8. The molecule has 2 unspecified atom stereocenters. The number of allylic oxidation sites excluding steroid dienone is 1. The minimum Gasteiger partial charge on any atom is -0.376 e. The van der Waals surface area contributed by atoms with Gasteiger partial charge in [0.05, 0.1) is 12.2 Å². The van der Waals surface area contributed by atoms with E-state index in [1.165, 1.54) is 30.5 Å². The van der Waals surface area contributed by atoms with Crippen molar-refractivity contribution in [2.24, 2.45) is 16.9 Å². The van der Waals surface area contributed by atoms with Crippen molar-refractivity contribution < 1.29 is 4.74 Å².